The first-order valence-electron chi connectivity index (χ1n) is 7.60. The lowest BCUT2D eigenvalue weighted by Crippen LogP contribution is -2.44. The summed E-state index contributed by atoms with van der Waals surface area (Å²) in [5.74, 6) is -0.292. The Kier molecular flexibility index (Phi) is 3.72. The summed E-state index contributed by atoms with van der Waals surface area (Å²) in [6, 6.07) is 6.51. The first kappa shape index (κ1) is 14.8. The lowest BCUT2D eigenvalue weighted by molar-refractivity contribution is -0.135. The van der Waals surface area contributed by atoms with Gasteiger partial charge in [-0.25, -0.2) is 9.07 Å². The maximum Gasteiger partial charge on any atom is 0.226 e. The van der Waals surface area contributed by atoms with Crippen molar-refractivity contribution in [1.82, 2.24) is 15.1 Å². The van der Waals surface area contributed by atoms with Gasteiger partial charge in [0.25, 0.3) is 0 Å². The minimum atomic E-state index is -0.350. The Morgan fingerprint density at radius 3 is 2.77 bits per heavy atom. The molecule has 1 atom stereocenters. The molecule has 0 radical (unpaired) electrons. The van der Waals surface area contributed by atoms with E-state index in [4.69, 9.17) is 0 Å². The van der Waals surface area contributed by atoms with Gasteiger partial charge in [-0.1, -0.05) is 19.4 Å². The first-order chi connectivity index (χ1) is 10.5. The van der Waals surface area contributed by atoms with Crippen LogP contribution in [0.4, 0.5) is 4.39 Å². The molecule has 22 heavy (non-hydrogen) atoms. The van der Waals surface area contributed by atoms with Crippen molar-refractivity contribution in [2.24, 2.45) is 5.41 Å². The Morgan fingerprint density at radius 1 is 1.45 bits per heavy atom. The summed E-state index contributed by atoms with van der Waals surface area (Å²) in [4.78, 5) is 12.3. The number of amides is 1. The monoisotopic (exact) mass is 301 g/mol. The quantitative estimate of drug-likeness (QED) is 0.941. The third-order valence-corrected chi connectivity index (χ3v) is 4.58. The molecule has 0 saturated heterocycles. The fourth-order valence-corrected chi connectivity index (χ4v) is 2.78. The summed E-state index contributed by atoms with van der Waals surface area (Å²) >= 11 is 0. The molecule has 1 amide bonds. The van der Waals surface area contributed by atoms with Gasteiger partial charge in [-0.15, -0.1) is 0 Å². The molecule has 116 valence electrons. The third kappa shape index (κ3) is 2.63. The van der Waals surface area contributed by atoms with Gasteiger partial charge >= 0.3 is 0 Å². The van der Waals surface area contributed by atoms with E-state index in [1.807, 2.05) is 19.9 Å². The third-order valence-electron chi connectivity index (χ3n) is 4.58. The summed E-state index contributed by atoms with van der Waals surface area (Å²) < 4.78 is 15.7. The number of rotatable bonds is 4. The van der Waals surface area contributed by atoms with E-state index in [2.05, 4.69) is 10.4 Å². The number of hydrogen-bond donors (Lipinski definition) is 1. The zero-order valence-corrected chi connectivity index (χ0v) is 12.8. The van der Waals surface area contributed by atoms with Gasteiger partial charge < -0.3 is 5.32 Å². The van der Waals surface area contributed by atoms with E-state index in [-0.39, 0.29) is 23.2 Å². The highest BCUT2D eigenvalue weighted by molar-refractivity contribution is 5.83. The summed E-state index contributed by atoms with van der Waals surface area (Å²) in [6.07, 6.45) is 6.26. The number of nitrogens with one attached hydrogen (secondary N) is 1. The van der Waals surface area contributed by atoms with Crippen molar-refractivity contribution >= 4 is 5.91 Å². The molecule has 0 bridgehead atoms. The molecule has 1 fully saturated rings. The normalized spacial score (nSPS) is 17.6. The van der Waals surface area contributed by atoms with Gasteiger partial charge in [-0.2, -0.15) is 5.10 Å². The van der Waals surface area contributed by atoms with Crippen LogP contribution in [-0.4, -0.2) is 15.7 Å². The van der Waals surface area contributed by atoms with E-state index in [9.17, 15) is 9.18 Å². The van der Waals surface area contributed by atoms with Crippen LogP contribution in [0.1, 0.15) is 44.7 Å². The average Bonchev–Trinajstić information content (AvgIpc) is 2.98. The fraction of sp³-hybridized carbons (Fsp3) is 0.412. The minimum absolute atomic E-state index is 0.0582. The second kappa shape index (κ2) is 5.55. The number of nitrogens with zero attached hydrogens (tertiary/aromatic N) is 2. The molecular weight excluding hydrogens is 281 g/mol. The smallest absolute Gasteiger partial charge is 0.226 e. The topological polar surface area (TPSA) is 46.9 Å². The van der Waals surface area contributed by atoms with Crippen molar-refractivity contribution < 1.29 is 9.18 Å². The van der Waals surface area contributed by atoms with E-state index in [0.29, 0.717) is 5.69 Å². The van der Waals surface area contributed by atoms with Gasteiger partial charge in [-0.05, 0) is 43.5 Å². The number of carbonyl (C=O) groups is 1. The molecule has 1 N–H and O–H groups in total. The fourth-order valence-electron chi connectivity index (χ4n) is 2.78. The summed E-state index contributed by atoms with van der Waals surface area (Å²) in [5, 5.41) is 7.02. The van der Waals surface area contributed by atoms with E-state index in [1.165, 1.54) is 10.7 Å². The van der Waals surface area contributed by atoms with Gasteiger partial charge in [-0.3, -0.25) is 4.79 Å². The molecule has 0 unspecified atom stereocenters. The summed E-state index contributed by atoms with van der Waals surface area (Å²) in [6.45, 7) is 3.86. The minimum Gasteiger partial charge on any atom is -0.349 e. The lowest BCUT2D eigenvalue weighted by Gasteiger charge is -2.37. The Labute approximate surface area is 129 Å². The van der Waals surface area contributed by atoms with Crippen LogP contribution in [0, 0.1) is 11.2 Å². The van der Waals surface area contributed by atoms with Crippen molar-refractivity contribution in [3.8, 4) is 5.69 Å². The van der Waals surface area contributed by atoms with Crippen LogP contribution in [0.15, 0.2) is 36.7 Å². The predicted molar refractivity (Wildman–Crippen MR) is 82.0 cm³/mol. The van der Waals surface area contributed by atoms with Crippen LogP contribution in [0.5, 0.6) is 0 Å². The predicted octanol–water partition coefficient (Wildman–Crippen LogP) is 3.38. The van der Waals surface area contributed by atoms with E-state index in [0.717, 1.165) is 24.8 Å². The Bertz CT molecular complexity index is 677. The molecule has 1 aliphatic carbocycles. The molecule has 1 heterocycles. The van der Waals surface area contributed by atoms with Gasteiger partial charge in [0.15, 0.2) is 0 Å². The van der Waals surface area contributed by atoms with E-state index in [1.54, 1.807) is 24.5 Å². The van der Waals surface area contributed by atoms with Crippen LogP contribution in [0.3, 0.4) is 0 Å². The Balaban J connectivity index is 1.74. The molecule has 2 aromatic rings. The lowest BCUT2D eigenvalue weighted by atomic mass is 9.69. The molecule has 1 saturated carbocycles. The van der Waals surface area contributed by atoms with Crippen molar-refractivity contribution in [2.45, 2.75) is 39.2 Å². The zero-order chi connectivity index (χ0) is 15.7. The van der Waals surface area contributed by atoms with Crippen LogP contribution in [0.25, 0.3) is 5.69 Å². The van der Waals surface area contributed by atoms with Gasteiger partial charge in [0, 0.05) is 17.8 Å². The second-order valence-electron chi connectivity index (χ2n) is 6.27. The Hall–Kier alpha value is -2.17. The second-order valence-corrected chi connectivity index (χ2v) is 6.27. The SMILES string of the molecule is C[C@H](NC(=O)C1(C)CCC1)c1ccc(-n2cccn2)c(F)c1. The van der Waals surface area contributed by atoms with E-state index < -0.39 is 0 Å². The molecule has 3 rings (SSSR count). The van der Waals surface area contributed by atoms with Gasteiger partial charge in [0.05, 0.1) is 6.04 Å². The van der Waals surface area contributed by atoms with E-state index >= 15 is 0 Å². The maximum atomic E-state index is 14.2. The highest BCUT2D eigenvalue weighted by Gasteiger charge is 2.39. The number of carbonyl (C=O) groups excluding carboxylic acids is 1. The van der Waals surface area contributed by atoms with Crippen LogP contribution < -0.4 is 5.32 Å². The Morgan fingerprint density at radius 2 is 2.23 bits per heavy atom. The zero-order valence-electron chi connectivity index (χ0n) is 12.8. The standard InChI is InChI=1S/C17H20FN3O/c1-12(20-16(22)17(2)7-3-8-17)13-5-6-15(14(18)11-13)21-10-4-9-19-21/h4-6,9-12H,3,7-8H2,1-2H3,(H,20,22)/t12-/m0/s1. The average molecular weight is 301 g/mol. The molecule has 5 heteroatoms. The number of halogens is 1. The van der Waals surface area contributed by atoms with Crippen molar-refractivity contribution in [3.05, 3.63) is 48.0 Å². The highest BCUT2D eigenvalue weighted by Crippen LogP contribution is 2.40. The largest absolute Gasteiger partial charge is 0.349 e. The molecule has 1 aromatic heterocycles. The van der Waals surface area contributed by atoms with Crippen molar-refractivity contribution in [1.29, 1.82) is 0 Å². The first-order valence-corrected chi connectivity index (χ1v) is 7.60. The summed E-state index contributed by atoms with van der Waals surface area (Å²) in [5.41, 5.74) is 0.907. The number of hydrogen-bond acceptors (Lipinski definition) is 2. The van der Waals surface area contributed by atoms with Crippen LogP contribution in [-0.2, 0) is 4.79 Å². The van der Waals surface area contributed by atoms with Gasteiger partial charge in [0.2, 0.25) is 5.91 Å². The highest BCUT2D eigenvalue weighted by atomic mass is 19.1. The van der Waals surface area contributed by atoms with Gasteiger partial charge in [0.1, 0.15) is 11.5 Å². The molecule has 0 spiro atoms. The maximum absolute atomic E-state index is 14.2. The van der Waals surface area contributed by atoms with Crippen molar-refractivity contribution in [3.63, 3.8) is 0 Å². The molecular formula is C17H20FN3O. The van der Waals surface area contributed by atoms with Crippen LogP contribution >= 0.6 is 0 Å². The summed E-state index contributed by atoms with van der Waals surface area (Å²) in [7, 11) is 0. The molecule has 1 aromatic carbocycles. The number of benzene rings is 1. The van der Waals surface area contributed by atoms with Crippen LogP contribution in [0.2, 0.25) is 0 Å². The molecule has 1 aliphatic rings. The van der Waals surface area contributed by atoms with Crippen molar-refractivity contribution in [2.75, 3.05) is 0 Å². The molecule has 4 nitrogen and oxygen atoms in total. The number of aromatic nitrogens is 2. The molecule has 0 aliphatic heterocycles.